The summed E-state index contributed by atoms with van der Waals surface area (Å²) < 4.78 is 0. The smallest absolute Gasteiger partial charge is 0.0543 e. The largest absolute Gasteiger partial charge is 0.310 e. The molecule has 9 aromatic carbocycles. The van der Waals surface area contributed by atoms with Gasteiger partial charge >= 0.3 is 0 Å². The SMILES string of the molecule is CC1(C)c2cc(N(c3ccc(-c4ccccc4)cc3)c3ccc(-c4ccccc4)cc3)c(-c3ccccc3)cc2-c2c(-c3ccccc3-c3ccccc3)cccc21. The molecule has 58 heavy (non-hydrogen) atoms. The van der Waals surface area contributed by atoms with Crippen LogP contribution in [0.25, 0.3) is 66.8 Å². The normalized spacial score (nSPS) is 12.4. The zero-order chi connectivity index (χ0) is 39.1. The van der Waals surface area contributed by atoms with E-state index in [4.69, 9.17) is 0 Å². The predicted molar refractivity (Wildman–Crippen MR) is 246 cm³/mol. The standard InChI is InChI=1S/C57H43N/c1-57(2)53-29-17-28-50(49-27-16-15-26-48(49)44-22-11-5-12-23-44)56(53)52-38-51(45-24-13-6-14-25-45)55(39-54(52)57)58(46-34-30-42(31-35-46)40-18-7-3-8-19-40)47-36-32-43(33-37-47)41-20-9-4-10-21-41/h3-39H,1-2H3. The van der Waals surface area contributed by atoms with E-state index < -0.39 is 0 Å². The average Bonchev–Trinajstić information content (AvgIpc) is 3.53. The van der Waals surface area contributed by atoms with Crippen LogP contribution in [0, 0.1) is 0 Å². The number of benzene rings is 9. The number of fused-ring (bicyclic) bond motifs is 3. The van der Waals surface area contributed by atoms with E-state index >= 15 is 0 Å². The van der Waals surface area contributed by atoms with Crippen molar-refractivity contribution in [3.05, 3.63) is 236 Å². The van der Waals surface area contributed by atoms with Crippen molar-refractivity contribution < 1.29 is 0 Å². The summed E-state index contributed by atoms with van der Waals surface area (Å²) in [5, 5.41) is 0. The minimum absolute atomic E-state index is 0.244. The van der Waals surface area contributed by atoms with Crippen molar-refractivity contribution in [2.45, 2.75) is 19.3 Å². The molecular weight excluding hydrogens is 699 g/mol. The van der Waals surface area contributed by atoms with Gasteiger partial charge < -0.3 is 4.90 Å². The molecule has 1 heteroatoms. The van der Waals surface area contributed by atoms with Gasteiger partial charge in [-0.15, -0.1) is 0 Å². The second-order valence-corrected chi connectivity index (χ2v) is 15.7. The molecule has 0 amide bonds. The Morgan fingerprint density at radius 2 is 0.707 bits per heavy atom. The van der Waals surface area contributed by atoms with Crippen molar-refractivity contribution in [2.75, 3.05) is 4.90 Å². The second kappa shape index (κ2) is 14.7. The Labute approximate surface area is 342 Å². The summed E-state index contributed by atoms with van der Waals surface area (Å²) in [6.45, 7) is 4.79. The maximum atomic E-state index is 2.49. The van der Waals surface area contributed by atoms with Gasteiger partial charge in [0.05, 0.1) is 5.69 Å². The molecule has 0 N–H and O–H groups in total. The number of rotatable bonds is 8. The molecule has 0 bridgehead atoms. The molecule has 0 saturated heterocycles. The third-order valence-corrected chi connectivity index (χ3v) is 11.9. The lowest BCUT2D eigenvalue weighted by Gasteiger charge is -2.30. The number of nitrogens with zero attached hydrogens (tertiary/aromatic N) is 1. The van der Waals surface area contributed by atoms with Crippen molar-refractivity contribution in [1.29, 1.82) is 0 Å². The molecule has 0 heterocycles. The quantitative estimate of drug-likeness (QED) is 0.150. The molecule has 1 nitrogen and oxygen atoms in total. The van der Waals surface area contributed by atoms with E-state index in [1.54, 1.807) is 0 Å². The van der Waals surface area contributed by atoms with Crippen molar-refractivity contribution in [2.24, 2.45) is 0 Å². The molecule has 276 valence electrons. The summed E-state index contributed by atoms with van der Waals surface area (Å²) in [7, 11) is 0. The summed E-state index contributed by atoms with van der Waals surface area (Å²) in [5.41, 5.74) is 20.6. The van der Waals surface area contributed by atoms with E-state index in [1.807, 2.05) is 0 Å². The third-order valence-electron chi connectivity index (χ3n) is 11.9. The Bertz CT molecular complexity index is 2770. The van der Waals surface area contributed by atoms with Gasteiger partial charge in [-0.2, -0.15) is 0 Å². The second-order valence-electron chi connectivity index (χ2n) is 15.7. The first-order valence-corrected chi connectivity index (χ1v) is 20.2. The van der Waals surface area contributed by atoms with Gasteiger partial charge in [0.2, 0.25) is 0 Å². The van der Waals surface area contributed by atoms with Crippen LogP contribution < -0.4 is 4.90 Å². The average molecular weight is 742 g/mol. The Balaban J connectivity index is 1.20. The Morgan fingerprint density at radius 3 is 1.22 bits per heavy atom. The first-order valence-electron chi connectivity index (χ1n) is 20.2. The van der Waals surface area contributed by atoms with E-state index in [0.717, 1.165) is 17.1 Å². The number of hydrogen-bond donors (Lipinski definition) is 0. The molecule has 0 spiro atoms. The predicted octanol–water partition coefficient (Wildman–Crippen LogP) is 15.8. The van der Waals surface area contributed by atoms with Crippen LogP contribution in [-0.2, 0) is 5.41 Å². The molecule has 1 aliphatic rings. The maximum absolute atomic E-state index is 2.49. The van der Waals surface area contributed by atoms with Gasteiger partial charge in [-0.3, -0.25) is 0 Å². The van der Waals surface area contributed by atoms with E-state index in [1.165, 1.54) is 77.9 Å². The van der Waals surface area contributed by atoms with Crippen LogP contribution in [0.4, 0.5) is 17.1 Å². The third kappa shape index (κ3) is 6.22. The van der Waals surface area contributed by atoms with Gasteiger partial charge in [0.1, 0.15) is 0 Å². The van der Waals surface area contributed by atoms with Crippen molar-refractivity contribution in [3.63, 3.8) is 0 Å². The van der Waals surface area contributed by atoms with Crippen LogP contribution in [0.5, 0.6) is 0 Å². The fourth-order valence-corrected chi connectivity index (χ4v) is 8.96. The first-order chi connectivity index (χ1) is 28.5. The van der Waals surface area contributed by atoms with Gasteiger partial charge in [-0.25, -0.2) is 0 Å². The fourth-order valence-electron chi connectivity index (χ4n) is 8.96. The van der Waals surface area contributed by atoms with E-state index in [0.29, 0.717) is 0 Å². The van der Waals surface area contributed by atoms with Gasteiger partial charge in [-0.1, -0.05) is 202 Å². The van der Waals surface area contributed by atoms with Crippen molar-refractivity contribution in [1.82, 2.24) is 0 Å². The molecular formula is C57H43N. The van der Waals surface area contributed by atoms with Crippen LogP contribution in [0.3, 0.4) is 0 Å². The Morgan fingerprint density at radius 1 is 0.293 bits per heavy atom. The lowest BCUT2D eigenvalue weighted by Crippen LogP contribution is -2.17. The van der Waals surface area contributed by atoms with Crippen LogP contribution in [0.15, 0.2) is 224 Å². The highest BCUT2D eigenvalue weighted by Gasteiger charge is 2.39. The minimum Gasteiger partial charge on any atom is -0.310 e. The molecule has 1 aliphatic carbocycles. The highest BCUT2D eigenvalue weighted by atomic mass is 15.1. The summed E-state index contributed by atoms with van der Waals surface area (Å²) in [6, 6.07) is 81.8. The van der Waals surface area contributed by atoms with Crippen molar-refractivity contribution in [3.8, 4) is 66.8 Å². The molecule has 0 saturated carbocycles. The summed E-state index contributed by atoms with van der Waals surface area (Å²) in [4.78, 5) is 2.46. The van der Waals surface area contributed by atoms with Crippen molar-refractivity contribution >= 4 is 17.1 Å². The van der Waals surface area contributed by atoms with Crippen LogP contribution in [0.1, 0.15) is 25.0 Å². The molecule has 0 fully saturated rings. The number of anilines is 3. The molecule has 0 radical (unpaired) electrons. The first kappa shape index (κ1) is 35.2. The molecule has 10 rings (SSSR count). The summed E-state index contributed by atoms with van der Waals surface area (Å²) >= 11 is 0. The molecule has 0 aliphatic heterocycles. The lowest BCUT2D eigenvalue weighted by molar-refractivity contribution is 0.660. The van der Waals surface area contributed by atoms with E-state index in [9.17, 15) is 0 Å². The van der Waals surface area contributed by atoms with E-state index in [2.05, 4.69) is 243 Å². The zero-order valence-electron chi connectivity index (χ0n) is 32.8. The summed E-state index contributed by atoms with van der Waals surface area (Å²) in [6.07, 6.45) is 0. The van der Waals surface area contributed by atoms with Gasteiger partial charge in [0.15, 0.2) is 0 Å². The van der Waals surface area contributed by atoms with Crippen LogP contribution in [0.2, 0.25) is 0 Å². The Hall–Kier alpha value is -7.22. The number of hydrogen-bond acceptors (Lipinski definition) is 1. The summed E-state index contributed by atoms with van der Waals surface area (Å²) in [5.74, 6) is 0. The van der Waals surface area contributed by atoms with E-state index in [-0.39, 0.29) is 5.41 Å². The molecule has 9 aromatic rings. The Kier molecular flexibility index (Phi) is 8.92. The fraction of sp³-hybridized carbons (Fsp3) is 0.0526. The molecule has 0 atom stereocenters. The minimum atomic E-state index is -0.244. The monoisotopic (exact) mass is 741 g/mol. The molecule has 0 unspecified atom stereocenters. The van der Waals surface area contributed by atoms with Gasteiger partial charge in [0, 0.05) is 22.4 Å². The van der Waals surface area contributed by atoms with Gasteiger partial charge in [0.25, 0.3) is 0 Å². The van der Waals surface area contributed by atoms with Crippen LogP contribution in [-0.4, -0.2) is 0 Å². The topological polar surface area (TPSA) is 3.24 Å². The lowest BCUT2D eigenvalue weighted by atomic mass is 9.81. The zero-order valence-corrected chi connectivity index (χ0v) is 32.8. The maximum Gasteiger partial charge on any atom is 0.0543 e. The highest BCUT2D eigenvalue weighted by molar-refractivity contribution is 6.01. The highest BCUT2D eigenvalue weighted by Crippen LogP contribution is 2.56. The molecule has 0 aromatic heterocycles. The van der Waals surface area contributed by atoms with Crippen LogP contribution >= 0.6 is 0 Å². The van der Waals surface area contributed by atoms with Gasteiger partial charge in [-0.05, 0) is 109 Å².